The van der Waals surface area contributed by atoms with Crippen molar-refractivity contribution in [2.75, 3.05) is 6.61 Å². The molecule has 0 aliphatic carbocycles. The minimum Gasteiger partial charge on any atom is -0.493 e. The maximum absolute atomic E-state index is 11.4. The first-order valence-corrected chi connectivity index (χ1v) is 7.45. The van der Waals surface area contributed by atoms with E-state index in [1.165, 1.54) is 0 Å². The van der Waals surface area contributed by atoms with Crippen LogP contribution in [0, 0.1) is 6.92 Å². The van der Waals surface area contributed by atoms with Crippen LogP contribution in [-0.2, 0) is 9.31 Å². The smallest absolute Gasteiger partial charge is 0.493 e. The largest absolute Gasteiger partial charge is 0.494 e. The molecule has 1 heterocycles. The maximum Gasteiger partial charge on any atom is 0.494 e. The molecular formula is C16H23BO5. The topological polar surface area (TPSA) is 65.0 Å². The van der Waals surface area contributed by atoms with Gasteiger partial charge in [-0.05, 0) is 58.6 Å². The van der Waals surface area contributed by atoms with Crippen LogP contribution in [0.1, 0.15) is 50.5 Å². The highest BCUT2D eigenvalue weighted by molar-refractivity contribution is 6.62. The van der Waals surface area contributed by atoms with Gasteiger partial charge in [0.05, 0.1) is 17.8 Å². The lowest BCUT2D eigenvalue weighted by Crippen LogP contribution is -2.41. The SMILES string of the molecule is CCOc1cc(B2OC(C)(C)C(C)(C)O2)cc(C)c1C(=O)O. The maximum atomic E-state index is 11.4. The van der Waals surface area contributed by atoms with Crippen LogP contribution in [0.2, 0.25) is 0 Å². The molecule has 0 radical (unpaired) electrons. The molecule has 0 aromatic heterocycles. The highest BCUT2D eigenvalue weighted by atomic mass is 16.7. The van der Waals surface area contributed by atoms with E-state index in [1.807, 2.05) is 34.6 Å². The molecule has 1 N–H and O–H groups in total. The number of hydrogen-bond acceptors (Lipinski definition) is 4. The number of benzene rings is 1. The number of rotatable bonds is 4. The van der Waals surface area contributed by atoms with Crippen LogP contribution in [0.5, 0.6) is 5.75 Å². The fourth-order valence-electron chi connectivity index (χ4n) is 2.44. The molecule has 1 aromatic rings. The summed E-state index contributed by atoms with van der Waals surface area (Å²) in [7, 11) is -0.536. The molecule has 1 aliphatic heterocycles. The van der Waals surface area contributed by atoms with Gasteiger partial charge in [-0.3, -0.25) is 0 Å². The molecule has 2 rings (SSSR count). The molecule has 0 bridgehead atoms. The Labute approximate surface area is 131 Å². The van der Waals surface area contributed by atoms with Gasteiger partial charge >= 0.3 is 13.1 Å². The zero-order valence-corrected chi connectivity index (χ0v) is 14.0. The Bertz CT molecular complexity index is 578. The first kappa shape index (κ1) is 16.8. The van der Waals surface area contributed by atoms with Crippen LogP contribution in [0.15, 0.2) is 12.1 Å². The van der Waals surface area contributed by atoms with E-state index in [0.717, 1.165) is 5.46 Å². The van der Waals surface area contributed by atoms with Crippen LogP contribution < -0.4 is 10.2 Å². The van der Waals surface area contributed by atoms with Crippen LogP contribution in [-0.4, -0.2) is 36.0 Å². The van der Waals surface area contributed by atoms with Gasteiger partial charge in [-0.25, -0.2) is 4.79 Å². The van der Waals surface area contributed by atoms with E-state index >= 15 is 0 Å². The van der Waals surface area contributed by atoms with Crippen molar-refractivity contribution in [2.24, 2.45) is 0 Å². The second-order valence-corrected chi connectivity index (χ2v) is 6.54. The van der Waals surface area contributed by atoms with E-state index in [9.17, 15) is 9.90 Å². The van der Waals surface area contributed by atoms with Crippen LogP contribution in [0.25, 0.3) is 0 Å². The van der Waals surface area contributed by atoms with Gasteiger partial charge < -0.3 is 19.2 Å². The molecule has 0 atom stereocenters. The van der Waals surface area contributed by atoms with Gasteiger partial charge in [0.25, 0.3) is 0 Å². The first-order valence-electron chi connectivity index (χ1n) is 7.45. The number of carbonyl (C=O) groups is 1. The average Bonchev–Trinajstić information content (AvgIpc) is 2.57. The average molecular weight is 306 g/mol. The predicted octanol–water partition coefficient (Wildman–Crippen LogP) is 2.39. The Morgan fingerprint density at radius 1 is 1.23 bits per heavy atom. The minimum absolute atomic E-state index is 0.183. The van der Waals surface area contributed by atoms with Gasteiger partial charge in [-0.2, -0.15) is 0 Å². The van der Waals surface area contributed by atoms with Crippen molar-refractivity contribution < 1.29 is 23.9 Å². The van der Waals surface area contributed by atoms with E-state index in [4.69, 9.17) is 14.0 Å². The third kappa shape index (κ3) is 2.85. The van der Waals surface area contributed by atoms with Crippen molar-refractivity contribution in [1.29, 1.82) is 0 Å². The third-order valence-corrected chi connectivity index (χ3v) is 4.36. The molecule has 5 nitrogen and oxygen atoms in total. The highest BCUT2D eigenvalue weighted by Gasteiger charge is 2.51. The molecule has 0 amide bonds. The summed E-state index contributed by atoms with van der Waals surface area (Å²) in [6.07, 6.45) is 0. The molecule has 0 unspecified atom stereocenters. The number of aryl methyl sites for hydroxylation is 1. The monoisotopic (exact) mass is 306 g/mol. The first-order chi connectivity index (χ1) is 10.1. The van der Waals surface area contributed by atoms with E-state index in [-0.39, 0.29) is 5.56 Å². The summed E-state index contributed by atoms with van der Waals surface area (Å²) < 4.78 is 17.5. The number of hydrogen-bond donors (Lipinski definition) is 1. The molecular weight excluding hydrogens is 283 g/mol. The van der Waals surface area contributed by atoms with Crippen LogP contribution in [0.3, 0.4) is 0 Å². The summed E-state index contributed by atoms with van der Waals surface area (Å²) in [6.45, 7) is 11.9. The van der Waals surface area contributed by atoms with Gasteiger partial charge in [-0.15, -0.1) is 0 Å². The number of ether oxygens (including phenoxy) is 1. The summed E-state index contributed by atoms with van der Waals surface area (Å²) >= 11 is 0. The summed E-state index contributed by atoms with van der Waals surface area (Å²) in [5.41, 5.74) is 0.695. The Balaban J connectivity index is 2.44. The molecule has 1 saturated heterocycles. The summed E-state index contributed by atoms with van der Waals surface area (Å²) in [6, 6.07) is 3.48. The van der Waals surface area contributed by atoms with Gasteiger partial charge in [0.2, 0.25) is 0 Å². The van der Waals surface area contributed by atoms with Gasteiger partial charge in [0.15, 0.2) is 0 Å². The minimum atomic E-state index is -0.999. The molecule has 6 heteroatoms. The third-order valence-electron chi connectivity index (χ3n) is 4.36. The summed E-state index contributed by atoms with van der Waals surface area (Å²) in [5, 5.41) is 9.35. The fourth-order valence-corrected chi connectivity index (χ4v) is 2.44. The normalized spacial score (nSPS) is 19.3. The molecule has 120 valence electrons. The van der Waals surface area contributed by atoms with Gasteiger partial charge in [0.1, 0.15) is 11.3 Å². The quantitative estimate of drug-likeness (QED) is 0.865. The molecule has 0 spiro atoms. The fraction of sp³-hybridized carbons (Fsp3) is 0.562. The van der Waals surface area contributed by atoms with Crippen LogP contribution in [0.4, 0.5) is 0 Å². The van der Waals surface area contributed by atoms with E-state index in [2.05, 4.69) is 0 Å². The second-order valence-electron chi connectivity index (χ2n) is 6.54. The van der Waals surface area contributed by atoms with E-state index in [0.29, 0.717) is 17.9 Å². The zero-order chi connectivity index (χ0) is 16.7. The summed E-state index contributed by atoms with van der Waals surface area (Å²) in [5.74, 6) is -0.652. The van der Waals surface area contributed by atoms with E-state index < -0.39 is 24.3 Å². The van der Waals surface area contributed by atoms with Crippen molar-refractivity contribution in [3.8, 4) is 5.75 Å². The number of carboxylic acid groups (broad SMARTS) is 1. The van der Waals surface area contributed by atoms with Crippen molar-refractivity contribution in [1.82, 2.24) is 0 Å². The molecule has 0 saturated carbocycles. The number of carboxylic acids is 1. The Morgan fingerprint density at radius 2 is 1.77 bits per heavy atom. The lowest BCUT2D eigenvalue weighted by molar-refractivity contribution is 0.00578. The van der Waals surface area contributed by atoms with E-state index in [1.54, 1.807) is 19.1 Å². The number of aromatic carboxylic acids is 1. The predicted molar refractivity (Wildman–Crippen MR) is 85.0 cm³/mol. The Kier molecular flexibility index (Phi) is 4.28. The second kappa shape index (κ2) is 5.59. The molecule has 1 aliphatic rings. The standard InChI is InChI=1S/C16H23BO5/c1-7-20-12-9-11(8-10(2)13(12)14(18)19)17-21-15(3,4)16(5,6)22-17/h8-9H,7H2,1-6H3,(H,18,19). The summed E-state index contributed by atoms with van der Waals surface area (Å²) in [4.78, 5) is 11.4. The zero-order valence-electron chi connectivity index (χ0n) is 14.0. The van der Waals surface area contributed by atoms with Crippen molar-refractivity contribution in [3.05, 3.63) is 23.3 Å². The van der Waals surface area contributed by atoms with Crippen LogP contribution >= 0.6 is 0 Å². The molecule has 22 heavy (non-hydrogen) atoms. The Morgan fingerprint density at radius 3 is 2.23 bits per heavy atom. The van der Waals surface area contributed by atoms with Crippen molar-refractivity contribution in [3.63, 3.8) is 0 Å². The molecule has 1 fully saturated rings. The molecule has 1 aromatic carbocycles. The lowest BCUT2D eigenvalue weighted by Gasteiger charge is -2.32. The highest BCUT2D eigenvalue weighted by Crippen LogP contribution is 2.37. The Hall–Kier alpha value is -1.53. The van der Waals surface area contributed by atoms with Gasteiger partial charge in [-0.1, -0.05) is 6.07 Å². The lowest BCUT2D eigenvalue weighted by atomic mass is 9.77. The van der Waals surface area contributed by atoms with Crippen molar-refractivity contribution in [2.45, 2.75) is 52.7 Å². The van der Waals surface area contributed by atoms with Crippen molar-refractivity contribution >= 4 is 18.6 Å². The van der Waals surface area contributed by atoms with Gasteiger partial charge in [0, 0.05) is 0 Å².